The van der Waals surface area contributed by atoms with Gasteiger partial charge in [-0.25, -0.2) is 0 Å². The molecule has 0 aliphatic carbocycles. The molecule has 0 aliphatic heterocycles. The molecule has 4 nitrogen and oxygen atoms in total. The molecule has 0 amide bonds. The number of ether oxygens (including phenoxy) is 1. The number of aromatic nitrogens is 1. The zero-order valence-corrected chi connectivity index (χ0v) is 9.29. The largest absolute Gasteiger partial charge is 0.496 e. The van der Waals surface area contributed by atoms with Crippen LogP contribution in [-0.4, -0.2) is 23.7 Å². The summed E-state index contributed by atoms with van der Waals surface area (Å²) in [5.41, 5.74) is 8.51. The standard InChI is InChI=1S/C12H16N2O2/c1-16-10-3-2-9(7-15)12-11(10)8(4-5-13)6-14-12/h2-3,6,14-15H,4-5,7,13H2,1H3. The van der Waals surface area contributed by atoms with E-state index >= 15 is 0 Å². The van der Waals surface area contributed by atoms with Gasteiger partial charge in [0.2, 0.25) is 0 Å². The van der Waals surface area contributed by atoms with Gasteiger partial charge in [0.05, 0.1) is 19.2 Å². The van der Waals surface area contributed by atoms with Crippen LogP contribution in [0.15, 0.2) is 18.3 Å². The molecule has 0 saturated heterocycles. The Balaban J connectivity index is 2.67. The van der Waals surface area contributed by atoms with Gasteiger partial charge in [0, 0.05) is 17.1 Å². The molecule has 4 N–H and O–H groups in total. The molecule has 0 spiro atoms. The van der Waals surface area contributed by atoms with E-state index in [0.29, 0.717) is 6.54 Å². The minimum Gasteiger partial charge on any atom is -0.496 e. The Morgan fingerprint density at radius 1 is 1.38 bits per heavy atom. The van der Waals surface area contributed by atoms with Crippen LogP contribution in [0.1, 0.15) is 11.1 Å². The van der Waals surface area contributed by atoms with Crippen molar-refractivity contribution in [3.63, 3.8) is 0 Å². The molecule has 4 heteroatoms. The SMILES string of the molecule is COc1ccc(CO)c2[nH]cc(CCN)c12. The average molecular weight is 220 g/mol. The number of nitrogens with one attached hydrogen (secondary N) is 1. The number of benzene rings is 1. The lowest BCUT2D eigenvalue weighted by molar-refractivity contribution is 0.283. The van der Waals surface area contributed by atoms with Crippen LogP contribution in [0.5, 0.6) is 5.75 Å². The van der Waals surface area contributed by atoms with Crippen molar-refractivity contribution < 1.29 is 9.84 Å². The smallest absolute Gasteiger partial charge is 0.128 e. The molecule has 0 unspecified atom stereocenters. The summed E-state index contributed by atoms with van der Waals surface area (Å²) in [4.78, 5) is 3.17. The van der Waals surface area contributed by atoms with Crippen molar-refractivity contribution in [3.05, 3.63) is 29.5 Å². The number of rotatable bonds is 4. The monoisotopic (exact) mass is 220 g/mol. The van der Waals surface area contributed by atoms with Gasteiger partial charge >= 0.3 is 0 Å². The number of H-pyrrole nitrogens is 1. The third-order valence-electron chi connectivity index (χ3n) is 2.77. The van der Waals surface area contributed by atoms with E-state index in [0.717, 1.165) is 34.2 Å². The quantitative estimate of drug-likeness (QED) is 0.724. The highest BCUT2D eigenvalue weighted by Crippen LogP contribution is 2.31. The highest BCUT2D eigenvalue weighted by atomic mass is 16.5. The van der Waals surface area contributed by atoms with Gasteiger partial charge in [-0.05, 0) is 24.6 Å². The van der Waals surface area contributed by atoms with Gasteiger partial charge in [0.15, 0.2) is 0 Å². The predicted molar refractivity (Wildman–Crippen MR) is 63.5 cm³/mol. The van der Waals surface area contributed by atoms with Crippen LogP contribution in [0.25, 0.3) is 10.9 Å². The minimum atomic E-state index is 0.0169. The van der Waals surface area contributed by atoms with Gasteiger partial charge < -0.3 is 20.6 Å². The molecule has 16 heavy (non-hydrogen) atoms. The molecule has 0 atom stereocenters. The van der Waals surface area contributed by atoms with E-state index in [-0.39, 0.29) is 6.61 Å². The van der Waals surface area contributed by atoms with Crippen molar-refractivity contribution in [2.45, 2.75) is 13.0 Å². The van der Waals surface area contributed by atoms with Gasteiger partial charge in [-0.15, -0.1) is 0 Å². The molecule has 1 aromatic heterocycles. The number of hydrogen-bond donors (Lipinski definition) is 3. The van der Waals surface area contributed by atoms with Crippen molar-refractivity contribution in [2.75, 3.05) is 13.7 Å². The predicted octanol–water partition coefficient (Wildman–Crippen LogP) is 1.17. The number of methoxy groups -OCH3 is 1. The Hall–Kier alpha value is -1.52. The minimum absolute atomic E-state index is 0.0169. The van der Waals surface area contributed by atoms with Crippen LogP contribution in [0.3, 0.4) is 0 Å². The van der Waals surface area contributed by atoms with Crippen LogP contribution in [0.2, 0.25) is 0 Å². The summed E-state index contributed by atoms with van der Waals surface area (Å²) in [5, 5.41) is 10.3. The van der Waals surface area contributed by atoms with Crippen molar-refractivity contribution in [3.8, 4) is 5.75 Å². The Morgan fingerprint density at radius 3 is 2.81 bits per heavy atom. The first-order valence-corrected chi connectivity index (χ1v) is 5.28. The maximum absolute atomic E-state index is 9.25. The lowest BCUT2D eigenvalue weighted by Crippen LogP contribution is -2.02. The third kappa shape index (κ3) is 1.66. The normalized spacial score (nSPS) is 10.9. The molecule has 0 fully saturated rings. The Labute approximate surface area is 94.0 Å². The fourth-order valence-electron chi connectivity index (χ4n) is 2.00. The summed E-state index contributed by atoms with van der Waals surface area (Å²) >= 11 is 0. The number of aliphatic hydroxyl groups excluding tert-OH is 1. The molecule has 2 aromatic rings. The van der Waals surface area contributed by atoms with Gasteiger partial charge in [0.1, 0.15) is 5.75 Å². The van der Waals surface area contributed by atoms with Gasteiger partial charge in [-0.2, -0.15) is 0 Å². The molecule has 86 valence electrons. The maximum atomic E-state index is 9.25. The Kier molecular flexibility index (Phi) is 3.12. The molecule has 0 saturated carbocycles. The van der Waals surface area contributed by atoms with Crippen molar-refractivity contribution in [1.82, 2.24) is 4.98 Å². The lowest BCUT2D eigenvalue weighted by Gasteiger charge is -2.06. The lowest BCUT2D eigenvalue weighted by atomic mass is 10.1. The van der Waals surface area contributed by atoms with E-state index < -0.39 is 0 Å². The first kappa shape index (κ1) is 11.0. The van der Waals surface area contributed by atoms with Gasteiger partial charge in [-0.3, -0.25) is 0 Å². The van der Waals surface area contributed by atoms with Crippen molar-refractivity contribution >= 4 is 10.9 Å². The van der Waals surface area contributed by atoms with E-state index in [4.69, 9.17) is 10.5 Å². The van der Waals surface area contributed by atoms with Crippen LogP contribution < -0.4 is 10.5 Å². The molecule has 2 rings (SSSR count). The highest BCUT2D eigenvalue weighted by Gasteiger charge is 2.11. The number of aliphatic hydroxyl groups is 1. The van der Waals surface area contributed by atoms with Crippen LogP contribution in [0.4, 0.5) is 0 Å². The number of fused-ring (bicyclic) bond motifs is 1. The molecule has 1 heterocycles. The van der Waals surface area contributed by atoms with Crippen molar-refractivity contribution in [1.29, 1.82) is 0 Å². The first-order valence-electron chi connectivity index (χ1n) is 5.28. The summed E-state index contributed by atoms with van der Waals surface area (Å²) in [6.45, 7) is 0.614. The Bertz CT molecular complexity index is 491. The second-order valence-corrected chi connectivity index (χ2v) is 3.69. The van der Waals surface area contributed by atoms with Gasteiger partial charge in [-0.1, -0.05) is 6.07 Å². The fraction of sp³-hybridized carbons (Fsp3) is 0.333. The first-order chi connectivity index (χ1) is 7.81. The van der Waals surface area contributed by atoms with Crippen LogP contribution in [0, 0.1) is 0 Å². The van der Waals surface area contributed by atoms with E-state index in [1.807, 2.05) is 18.3 Å². The van der Waals surface area contributed by atoms with Crippen LogP contribution in [-0.2, 0) is 13.0 Å². The zero-order valence-electron chi connectivity index (χ0n) is 9.29. The van der Waals surface area contributed by atoms with E-state index in [2.05, 4.69) is 4.98 Å². The molecule has 0 aliphatic rings. The molecule has 1 aromatic carbocycles. The summed E-state index contributed by atoms with van der Waals surface area (Å²) in [5.74, 6) is 0.817. The van der Waals surface area contributed by atoms with E-state index in [1.54, 1.807) is 7.11 Å². The summed E-state index contributed by atoms with van der Waals surface area (Å²) in [6.07, 6.45) is 2.73. The second-order valence-electron chi connectivity index (χ2n) is 3.69. The zero-order chi connectivity index (χ0) is 11.5. The van der Waals surface area contributed by atoms with Gasteiger partial charge in [0.25, 0.3) is 0 Å². The summed E-state index contributed by atoms with van der Waals surface area (Å²) in [7, 11) is 1.65. The third-order valence-corrected chi connectivity index (χ3v) is 2.77. The summed E-state index contributed by atoms with van der Waals surface area (Å²) < 4.78 is 5.33. The van der Waals surface area contributed by atoms with Crippen molar-refractivity contribution in [2.24, 2.45) is 5.73 Å². The fourth-order valence-corrected chi connectivity index (χ4v) is 2.00. The topological polar surface area (TPSA) is 71.3 Å². The molecule has 0 radical (unpaired) electrons. The maximum Gasteiger partial charge on any atom is 0.128 e. The number of aromatic amines is 1. The van der Waals surface area contributed by atoms with Crippen LogP contribution >= 0.6 is 0 Å². The second kappa shape index (κ2) is 4.55. The Morgan fingerprint density at radius 2 is 2.19 bits per heavy atom. The highest BCUT2D eigenvalue weighted by molar-refractivity contribution is 5.91. The van der Waals surface area contributed by atoms with E-state index in [9.17, 15) is 5.11 Å². The molecular formula is C12H16N2O2. The van der Waals surface area contributed by atoms with E-state index in [1.165, 1.54) is 0 Å². The summed E-state index contributed by atoms with van der Waals surface area (Å²) in [6, 6.07) is 3.74. The number of hydrogen-bond acceptors (Lipinski definition) is 3. The molecule has 0 bridgehead atoms. The average Bonchev–Trinajstić information content (AvgIpc) is 2.73. The molecular weight excluding hydrogens is 204 g/mol. The number of nitrogens with two attached hydrogens (primary N) is 1.